The molecule has 1 aromatic carbocycles. The molecule has 0 atom stereocenters. The second kappa shape index (κ2) is 5.22. The lowest BCUT2D eigenvalue weighted by molar-refractivity contribution is 0.0690. The molecule has 0 unspecified atom stereocenters. The Kier molecular flexibility index (Phi) is 3.66. The lowest BCUT2D eigenvalue weighted by Crippen LogP contribution is -1.95. The smallest absolute Gasteiger partial charge is 0.353 e. The molecule has 94 valence electrons. The summed E-state index contributed by atoms with van der Waals surface area (Å²) in [7, 11) is 0. The highest BCUT2D eigenvalue weighted by Crippen LogP contribution is 2.30. The number of ether oxygens (including phenoxy) is 1. The largest absolute Gasteiger partial charge is 0.494 e. The third-order valence-corrected chi connectivity index (χ3v) is 2.99. The van der Waals surface area contributed by atoms with E-state index in [-0.39, 0.29) is 5.69 Å². The van der Waals surface area contributed by atoms with E-state index in [0.717, 1.165) is 15.8 Å². The second-order valence-electron chi connectivity index (χ2n) is 3.55. The number of hydrogen-bond acceptors (Lipinski definition) is 3. The Morgan fingerprint density at radius 2 is 2.28 bits per heavy atom. The maximum atomic E-state index is 10.8. The van der Waals surface area contributed by atoms with Crippen LogP contribution >= 0.6 is 15.9 Å². The molecule has 18 heavy (non-hydrogen) atoms. The molecular weight excluding hydrogens is 300 g/mol. The topological polar surface area (TPSA) is 75.2 Å². The molecule has 1 aromatic heterocycles. The Bertz CT molecular complexity index is 580. The third-order valence-electron chi connectivity index (χ3n) is 2.34. The van der Waals surface area contributed by atoms with Gasteiger partial charge >= 0.3 is 5.97 Å². The van der Waals surface area contributed by atoms with E-state index >= 15 is 0 Å². The standard InChI is InChI=1S/C12H11BrN2O3/c1-2-18-7-3-4-8(9(13)5-7)10-6-11(12(16)17)15-14-10/h3-6H,2H2,1H3,(H,14,15)(H,16,17). The van der Waals surface area contributed by atoms with Crippen LogP contribution in [0.4, 0.5) is 0 Å². The Morgan fingerprint density at radius 3 is 2.83 bits per heavy atom. The number of rotatable bonds is 4. The van der Waals surface area contributed by atoms with Crippen LogP contribution < -0.4 is 4.74 Å². The van der Waals surface area contributed by atoms with Crippen molar-refractivity contribution >= 4 is 21.9 Å². The first-order valence-electron chi connectivity index (χ1n) is 5.33. The Hall–Kier alpha value is -1.82. The predicted octanol–water partition coefficient (Wildman–Crippen LogP) is 2.94. The van der Waals surface area contributed by atoms with Gasteiger partial charge in [-0.25, -0.2) is 4.79 Å². The van der Waals surface area contributed by atoms with Gasteiger partial charge in [-0.15, -0.1) is 0 Å². The van der Waals surface area contributed by atoms with Crippen LogP contribution in [0.5, 0.6) is 5.75 Å². The van der Waals surface area contributed by atoms with E-state index in [2.05, 4.69) is 26.1 Å². The van der Waals surface area contributed by atoms with Crippen molar-refractivity contribution in [1.29, 1.82) is 0 Å². The van der Waals surface area contributed by atoms with Gasteiger partial charge in [0.25, 0.3) is 0 Å². The summed E-state index contributed by atoms with van der Waals surface area (Å²) in [5.74, 6) is -0.280. The minimum Gasteiger partial charge on any atom is -0.494 e. The van der Waals surface area contributed by atoms with Gasteiger partial charge in [0.1, 0.15) is 11.4 Å². The van der Waals surface area contributed by atoms with Crippen LogP contribution in [-0.4, -0.2) is 27.9 Å². The second-order valence-corrected chi connectivity index (χ2v) is 4.40. The zero-order valence-corrected chi connectivity index (χ0v) is 11.2. The Morgan fingerprint density at radius 1 is 1.50 bits per heavy atom. The molecule has 2 rings (SSSR count). The highest BCUT2D eigenvalue weighted by Gasteiger charge is 2.12. The van der Waals surface area contributed by atoms with Gasteiger partial charge in [-0.3, -0.25) is 5.10 Å². The minimum atomic E-state index is -1.03. The molecule has 0 aliphatic rings. The summed E-state index contributed by atoms with van der Waals surface area (Å²) in [6, 6.07) is 6.96. The number of aromatic nitrogens is 2. The lowest BCUT2D eigenvalue weighted by atomic mass is 10.1. The highest BCUT2D eigenvalue weighted by molar-refractivity contribution is 9.10. The van der Waals surface area contributed by atoms with Crippen molar-refractivity contribution in [2.24, 2.45) is 0 Å². The van der Waals surface area contributed by atoms with E-state index < -0.39 is 5.97 Å². The summed E-state index contributed by atoms with van der Waals surface area (Å²) in [6.45, 7) is 2.51. The summed E-state index contributed by atoms with van der Waals surface area (Å²) >= 11 is 3.42. The van der Waals surface area contributed by atoms with Crippen molar-refractivity contribution in [3.05, 3.63) is 34.4 Å². The molecule has 0 fully saturated rings. The minimum absolute atomic E-state index is 0.0609. The third kappa shape index (κ3) is 2.53. The average Bonchev–Trinajstić information content (AvgIpc) is 2.79. The maximum Gasteiger partial charge on any atom is 0.353 e. The van der Waals surface area contributed by atoms with Crippen LogP contribution in [0.15, 0.2) is 28.7 Å². The van der Waals surface area contributed by atoms with Crippen LogP contribution in [0.2, 0.25) is 0 Å². The lowest BCUT2D eigenvalue weighted by Gasteiger charge is -2.05. The van der Waals surface area contributed by atoms with Crippen molar-refractivity contribution < 1.29 is 14.6 Å². The van der Waals surface area contributed by atoms with E-state index in [9.17, 15) is 4.79 Å². The monoisotopic (exact) mass is 310 g/mol. The number of benzene rings is 1. The van der Waals surface area contributed by atoms with E-state index in [4.69, 9.17) is 9.84 Å². The molecule has 0 aliphatic heterocycles. The van der Waals surface area contributed by atoms with Gasteiger partial charge in [-0.2, -0.15) is 5.10 Å². The molecule has 5 nitrogen and oxygen atoms in total. The summed E-state index contributed by atoms with van der Waals surface area (Å²) in [5.41, 5.74) is 1.44. The molecule has 0 radical (unpaired) electrons. The predicted molar refractivity (Wildman–Crippen MR) is 69.9 cm³/mol. The molecule has 2 N–H and O–H groups in total. The van der Waals surface area contributed by atoms with Gasteiger partial charge < -0.3 is 9.84 Å². The Labute approximate surface area is 112 Å². The number of nitrogens with zero attached hydrogens (tertiary/aromatic N) is 1. The molecule has 2 aromatic rings. The zero-order valence-electron chi connectivity index (χ0n) is 9.61. The summed E-state index contributed by atoms with van der Waals surface area (Å²) in [6.07, 6.45) is 0. The van der Waals surface area contributed by atoms with Crippen molar-refractivity contribution in [1.82, 2.24) is 10.2 Å². The molecule has 0 bridgehead atoms. The van der Waals surface area contributed by atoms with E-state index in [1.807, 2.05) is 25.1 Å². The van der Waals surface area contributed by atoms with Crippen molar-refractivity contribution in [3.8, 4) is 17.0 Å². The number of H-pyrrole nitrogens is 1. The van der Waals surface area contributed by atoms with Crippen LogP contribution in [-0.2, 0) is 0 Å². The molecule has 0 saturated carbocycles. The molecule has 0 amide bonds. The number of carboxylic acid groups (broad SMARTS) is 1. The van der Waals surface area contributed by atoms with Crippen LogP contribution in [0.25, 0.3) is 11.3 Å². The quantitative estimate of drug-likeness (QED) is 0.910. The van der Waals surface area contributed by atoms with Gasteiger partial charge in [0.05, 0.1) is 12.3 Å². The van der Waals surface area contributed by atoms with E-state index in [0.29, 0.717) is 12.3 Å². The number of hydrogen-bond donors (Lipinski definition) is 2. The number of nitrogens with one attached hydrogen (secondary N) is 1. The number of halogens is 1. The van der Waals surface area contributed by atoms with E-state index in [1.54, 1.807) is 0 Å². The summed E-state index contributed by atoms with van der Waals surface area (Å²) < 4.78 is 6.17. The van der Waals surface area contributed by atoms with Crippen molar-refractivity contribution in [3.63, 3.8) is 0 Å². The van der Waals surface area contributed by atoms with Gasteiger partial charge in [0, 0.05) is 10.0 Å². The first kappa shape index (κ1) is 12.6. The number of carbonyl (C=O) groups is 1. The highest BCUT2D eigenvalue weighted by atomic mass is 79.9. The van der Waals surface area contributed by atoms with Crippen LogP contribution in [0.3, 0.4) is 0 Å². The van der Waals surface area contributed by atoms with Gasteiger partial charge in [0.15, 0.2) is 0 Å². The summed E-state index contributed by atoms with van der Waals surface area (Å²) in [4.78, 5) is 10.8. The number of carboxylic acids is 1. The molecule has 0 saturated heterocycles. The van der Waals surface area contributed by atoms with E-state index in [1.165, 1.54) is 6.07 Å². The van der Waals surface area contributed by atoms with Crippen LogP contribution in [0, 0.1) is 0 Å². The van der Waals surface area contributed by atoms with Gasteiger partial charge in [0.2, 0.25) is 0 Å². The molecular formula is C12H11BrN2O3. The van der Waals surface area contributed by atoms with Crippen molar-refractivity contribution in [2.75, 3.05) is 6.61 Å². The van der Waals surface area contributed by atoms with Crippen LogP contribution in [0.1, 0.15) is 17.4 Å². The SMILES string of the molecule is CCOc1ccc(-c2cc(C(=O)O)[nH]n2)c(Br)c1. The molecule has 0 spiro atoms. The average molecular weight is 311 g/mol. The van der Waals surface area contributed by atoms with Gasteiger partial charge in [-0.1, -0.05) is 0 Å². The maximum absolute atomic E-state index is 10.8. The fourth-order valence-electron chi connectivity index (χ4n) is 1.53. The molecule has 6 heteroatoms. The van der Waals surface area contributed by atoms with Gasteiger partial charge in [-0.05, 0) is 47.1 Å². The first-order chi connectivity index (χ1) is 8.61. The first-order valence-corrected chi connectivity index (χ1v) is 6.12. The molecule has 0 aliphatic carbocycles. The molecule has 1 heterocycles. The van der Waals surface area contributed by atoms with Crippen molar-refractivity contribution in [2.45, 2.75) is 6.92 Å². The number of aromatic carboxylic acids is 1. The Balaban J connectivity index is 2.35. The summed E-state index contributed by atoms with van der Waals surface area (Å²) in [5, 5.41) is 15.3. The normalized spacial score (nSPS) is 10.3. The fourth-order valence-corrected chi connectivity index (χ4v) is 2.09. The number of aromatic amines is 1. The zero-order chi connectivity index (χ0) is 13.1. The fraction of sp³-hybridized carbons (Fsp3) is 0.167.